The first-order chi connectivity index (χ1) is 9.07. The highest BCUT2D eigenvalue weighted by atomic mass is 16.7. The zero-order valence-electron chi connectivity index (χ0n) is 14.1. The molecule has 118 valence electrons. The van der Waals surface area contributed by atoms with Crippen LogP contribution in [0.1, 0.15) is 61.3 Å². The van der Waals surface area contributed by atoms with Crippen LogP contribution >= 0.6 is 0 Å². The largest absolute Gasteiger partial charge is 0.353 e. The van der Waals surface area contributed by atoms with Gasteiger partial charge in [0.05, 0.1) is 0 Å². The van der Waals surface area contributed by atoms with E-state index in [0.717, 1.165) is 32.7 Å². The van der Waals surface area contributed by atoms with E-state index >= 15 is 0 Å². The molecule has 4 nitrogen and oxygen atoms in total. The first-order valence-electron chi connectivity index (χ1n) is 7.50. The van der Waals surface area contributed by atoms with Gasteiger partial charge in [0.15, 0.2) is 6.29 Å². The third-order valence-electron chi connectivity index (χ3n) is 2.26. The Balaban J connectivity index is -0.000000214. The highest BCUT2D eigenvalue weighted by molar-refractivity contribution is 5.46. The van der Waals surface area contributed by atoms with Crippen molar-refractivity contribution in [3.8, 4) is 0 Å². The van der Waals surface area contributed by atoms with Crippen LogP contribution in [0.5, 0.6) is 0 Å². The molecule has 0 saturated heterocycles. The predicted octanol–water partition coefficient (Wildman–Crippen LogP) is 3.70. The highest BCUT2D eigenvalue weighted by Crippen LogP contribution is 1.90. The second kappa shape index (κ2) is 22.6. The van der Waals surface area contributed by atoms with Crippen LogP contribution in [0.4, 0.5) is 0 Å². The smallest absolute Gasteiger partial charge is 0.209 e. The minimum Gasteiger partial charge on any atom is -0.353 e. The van der Waals surface area contributed by atoms with Crippen molar-refractivity contribution in [1.82, 2.24) is 4.90 Å². The number of hydrogen-bond donors (Lipinski definition) is 0. The van der Waals surface area contributed by atoms with E-state index in [1.165, 1.54) is 12.8 Å². The number of hydrogen-bond acceptors (Lipinski definition) is 3. The number of nitrogens with zero attached hydrogens (tertiary/aromatic N) is 1. The van der Waals surface area contributed by atoms with Gasteiger partial charge in [-0.15, -0.1) is 0 Å². The maximum atomic E-state index is 9.89. The summed E-state index contributed by atoms with van der Waals surface area (Å²) in [6.45, 7) is 17.2. The Bertz CT molecular complexity index is 142. The lowest BCUT2D eigenvalue weighted by Gasteiger charge is -2.09. The van der Waals surface area contributed by atoms with E-state index in [1.54, 1.807) is 4.90 Å². The molecule has 19 heavy (non-hydrogen) atoms. The summed E-state index contributed by atoms with van der Waals surface area (Å²) in [5.41, 5.74) is 0. The predicted molar refractivity (Wildman–Crippen MR) is 82.3 cm³/mol. The number of rotatable bonds is 8. The first-order valence-corrected chi connectivity index (χ1v) is 7.50. The van der Waals surface area contributed by atoms with Gasteiger partial charge in [0.1, 0.15) is 0 Å². The van der Waals surface area contributed by atoms with E-state index in [0.29, 0.717) is 0 Å². The third kappa shape index (κ3) is 26.8. The molecule has 0 unspecified atom stereocenters. The Morgan fingerprint density at radius 3 is 1.37 bits per heavy atom. The summed E-state index contributed by atoms with van der Waals surface area (Å²) < 4.78 is 10.1. The van der Waals surface area contributed by atoms with Crippen LogP contribution in [0.2, 0.25) is 0 Å². The fourth-order valence-corrected chi connectivity index (χ4v) is 0.890. The monoisotopic (exact) mass is 277 g/mol. The summed E-state index contributed by atoms with van der Waals surface area (Å²) >= 11 is 0. The quantitative estimate of drug-likeness (QED) is 0.501. The van der Waals surface area contributed by atoms with Crippen LogP contribution in [0, 0.1) is 0 Å². The normalized spacial score (nSPS) is 9.05. The van der Waals surface area contributed by atoms with Crippen molar-refractivity contribution in [3.63, 3.8) is 0 Å². The van der Waals surface area contributed by atoms with Gasteiger partial charge in [-0.2, -0.15) is 0 Å². The Morgan fingerprint density at radius 1 is 0.895 bits per heavy atom. The van der Waals surface area contributed by atoms with Crippen molar-refractivity contribution in [3.05, 3.63) is 0 Å². The minimum absolute atomic E-state index is 0.0370. The van der Waals surface area contributed by atoms with Gasteiger partial charge < -0.3 is 14.4 Å². The van der Waals surface area contributed by atoms with E-state index in [9.17, 15) is 4.79 Å². The molecule has 0 bridgehead atoms. The number of carbonyl (C=O) groups excluding carboxylic acids is 1. The zero-order chi connectivity index (χ0) is 15.5. The van der Waals surface area contributed by atoms with Gasteiger partial charge in [0.2, 0.25) is 6.41 Å². The molecule has 0 saturated carbocycles. The van der Waals surface area contributed by atoms with Gasteiger partial charge in [0.25, 0.3) is 0 Å². The summed E-state index contributed by atoms with van der Waals surface area (Å²) in [5.74, 6) is 0. The fraction of sp³-hybridized carbons (Fsp3) is 0.933. The van der Waals surface area contributed by atoms with Crippen molar-refractivity contribution in [2.45, 2.75) is 67.6 Å². The van der Waals surface area contributed by atoms with E-state index in [2.05, 4.69) is 13.8 Å². The topological polar surface area (TPSA) is 38.8 Å². The lowest BCUT2D eigenvalue weighted by molar-refractivity contribution is -0.123. The Morgan fingerprint density at radius 2 is 1.26 bits per heavy atom. The Labute approximate surface area is 120 Å². The molecule has 0 N–H and O–H groups in total. The van der Waals surface area contributed by atoms with E-state index in [4.69, 9.17) is 9.47 Å². The second-order valence-corrected chi connectivity index (χ2v) is 3.80. The standard InChI is InChI=1S/C6H14O2.C5H11NO.C4H10/c1-4-7-6(3)8-5-2;1-3-6(4-2)5-7;1-3-4-2/h6H,4-5H2,1-3H3;5H,3-4H2,1-2H3;3-4H2,1-2H3. The third-order valence-corrected chi connectivity index (χ3v) is 2.26. The molecule has 1 amide bonds. The van der Waals surface area contributed by atoms with Crippen molar-refractivity contribution in [2.75, 3.05) is 26.3 Å². The molecule has 4 heteroatoms. The summed E-state index contributed by atoms with van der Waals surface area (Å²) in [7, 11) is 0. The van der Waals surface area contributed by atoms with Crippen molar-refractivity contribution >= 4 is 6.41 Å². The summed E-state index contributed by atoms with van der Waals surface area (Å²) in [5, 5.41) is 0. The van der Waals surface area contributed by atoms with Crippen LogP contribution in [-0.2, 0) is 14.3 Å². The van der Waals surface area contributed by atoms with Gasteiger partial charge in [-0.05, 0) is 34.6 Å². The summed E-state index contributed by atoms with van der Waals surface area (Å²) in [6, 6.07) is 0. The van der Waals surface area contributed by atoms with Crippen LogP contribution in [-0.4, -0.2) is 43.9 Å². The molecule has 0 aliphatic heterocycles. The number of unbranched alkanes of at least 4 members (excludes halogenated alkanes) is 1. The Kier molecular flexibility index (Phi) is 27.9. The van der Waals surface area contributed by atoms with Gasteiger partial charge in [-0.3, -0.25) is 4.79 Å². The highest BCUT2D eigenvalue weighted by Gasteiger charge is 1.94. The minimum atomic E-state index is -0.0370. The molecule has 0 aromatic rings. The van der Waals surface area contributed by atoms with Crippen LogP contribution in [0.3, 0.4) is 0 Å². The molecular weight excluding hydrogens is 242 g/mol. The maximum absolute atomic E-state index is 9.89. The van der Waals surface area contributed by atoms with Crippen LogP contribution in [0.15, 0.2) is 0 Å². The molecule has 0 radical (unpaired) electrons. The molecule has 0 aromatic heterocycles. The first kappa shape index (κ1) is 23.5. The van der Waals surface area contributed by atoms with E-state index < -0.39 is 0 Å². The van der Waals surface area contributed by atoms with Gasteiger partial charge in [0, 0.05) is 26.3 Å². The fourth-order valence-electron chi connectivity index (χ4n) is 0.890. The molecule has 0 aromatic carbocycles. The average Bonchev–Trinajstić information content (AvgIpc) is 2.42. The molecule has 0 rings (SSSR count). The molecule has 0 aliphatic rings. The van der Waals surface area contributed by atoms with Crippen LogP contribution in [0.25, 0.3) is 0 Å². The van der Waals surface area contributed by atoms with Crippen molar-refractivity contribution in [2.24, 2.45) is 0 Å². The van der Waals surface area contributed by atoms with Crippen molar-refractivity contribution in [1.29, 1.82) is 0 Å². The average molecular weight is 277 g/mol. The van der Waals surface area contributed by atoms with Crippen LogP contribution < -0.4 is 0 Å². The SMILES string of the molecule is CCCC.CCN(C=O)CC.CCOC(C)OCC. The van der Waals surface area contributed by atoms with E-state index in [1.807, 2.05) is 34.6 Å². The lowest BCUT2D eigenvalue weighted by atomic mass is 10.4. The van der Waals surface area contributed by atoms with Gasteiger partial charge >= 0.3 is 0 Å². The molecular formula is C15H35NO3. The molecule has 0 fully saturated rings. The van der Waals surface area contributed by atoms with Crippen molar-refractivity contribution < 1.29 is 14.3 Å². The molecule has 0 atom stereocenters. The van der Waals surface area contributed by atoms with E-state index in [-0.39, 0.29) is 6.29 Å². The lowest BCUT2D eigenvalue weighted by Crippen LogP contribution is -2.19. The maximum Gasteiger partial charge on any atom is 0.209 e. The number of carbonyl (C=O) groups is 1. The number of amides is 1. The molecule has 0 spiro atoms. The van der Waals surface area contributed by atoms with Gasteiger partial charge in [-0.1, -0.05) is 26.7 Å². The van der Waals surface area contributed by atoms with Gasteiger partial charge in [-0.25, -0.2) is 0 Å². The zero-order valence-corrected chi connectivity index (χ0v) is 14.1. The molecule has 0 heterocycles. The summed E-state index contributed by atoms with van der Waals surface area (Å²) in [4.78, 5) is 11.6. The second-order valence-electron chi connectivity index (χ2n) is 3.80. The molecule has 0 aliphatic carbocycles. The number of ether oxygens (including phenoxy) is 2. The Hall–Kier alpha value is -0.610. The summed E-state index contributed by atoms with van der Waals surface area (Å²) in [6.07, 6.45) is 3.46.